The molecule has 2 fully saturated rings. The van der Waals surface area contributed by atoms with Crippen molar-refractivity contribution in [2.45, 2.75) is 38.3 Å². The molecule has 0 spiro atoms. The van der Waals surface area contributed by atoms with Crippen molar-refractivity contribution in [1.82, 2.24) is 25.8 Å². The van der Waals surface area contributed by atoms with Crippen LogP contribution in [0.25, 0.3) is 10.9 Å². The number of nitrogens with zero attached hydrogens (tertiary/aromatic N) is 3. The predicted octanol–water partition coefficient (Wildman–Crippen LogP) is 3.44. The molecule has 0 amide bonds. The fraction of sp³-hybridized carbons (Fsp3) is 0.350. The summed E-state index contributed by atoms with van der Waals surface area (Å²) in [5, 5.41) is 4.58. The third-order valence-electron chi connectivity index (χ3n) is 5.32. The second-order valence-electron chi connectivity index (χ2n) is 7.40. The molecule has 0 bridgehead atoms. The highest BCUT2D eigenvalue weighted by molar-refractivity contribution is 5.86. The number of fused-ring (bicyclic) bond motifs is 1. The van der Waals surface area contributed by atoms with Crippen molar-refractivity contribution in [1.29, 1.82) is 0 Å². The molecular weight excluding hydrogens is 338 g/mol. The lowest BCUT2D eigenvalue weighted by molar-refractivity contribution is 0.504. The lowest BCUT2D eigenvalue weighted by Crippen LogP contribution is -2.32. The van der Waals surface area contributed by atoms with Crippen LogP contribution >= 0.6 is 0 Å². The molecule has 27 heavy (non-hydrogen) atoms. The fourth-order valence-electron chi connectivity index (χ4n) is 3.58. The molecule has 3 aromatic rings. The van der Waals surface area contributed by atoms with Crippen LogP contribution in [0.3, 0.4) is 0 Å². The van der Waals surface area contributed by atoms with E-state index in [0.29, 0.717) is 17.8 Å². The number of rotatable bonds is 5. The fourth-order valence-corrected chi connectivity index (χ4v) is 3.58. The summed E-state index contributed by atoms with van der Waals surface area (Å²) in [7, 11) is 0. The molecule has 7 heteroatoms. The van der Waals surface area contributed by atoms with Crippen molar-refractivity contribution in [2.24, 2.45) is 10.9 Å². The van der Waals surface area contributed by atoms with Gasteiger partial charge in [-0.2, -0.15) is 4.98 Å². The molecule has 0 radical (unpaired) electrons. The smallest absolute Gasteiger partial charge is 0.225 e. The van der Waals surface area contributed by atoms with Gasteiger partial charge in [0.1, 0.15) is 5.84 Å². The summed E-state index contributed by atoms with van der Waals surface area (Å²) < 4.78 is 0. The average Bonchev–Trinajstić information content (AvgIpc) is 3.23. The highest BCUT2D eigenvalue weighted by Crippen LogP contribution is 2.35. The zero-order chi connectivity index (χ0) is 18.2. The zero-order valence-corrected chi connectivity index (χ0v) is 15.2. The van der Waals surface area contributed by atoms with E-state index in [9.17, 15) is 0 Å². The molecule has 1 saturated carbocycles. The molecule has 2 aromatic heterocycles. The molecule has 1 saturated heterocycles. The average molecular weight is 361 g/mol. The number of hydrogen-bond donors (Lipinski definition) is 4. The van der Waals surface area contributed by atoms with Crippen LogP contribution in [-0.4, -0.2) is 26.8 Å². The first kappa shape index (κ1) is 16.3. The number of anilines is 1. The minimum Gasteiger partial charge on any atom is -0.361 e. The Kier molecular flexibility index (Phi) is 4.01. The summed E-state index contributed by atoms with van der Waals surface area (Å²) in [6, 6.07) is 10.9. The Morgan fingerprint density at radius 2 is 2.15 bits per heavy atom. The molecule has 1 aliphatic carbocycles. The van der Waals surface area contributed by atoms with Crippen molar-refractivity contribution in [2.75, 3.05) is 5.32 Å². The Balaban J connectivity index is 1.29. The van der Waals surface area contributed by atoms with Crippen LogP contribution in [0.1, 0.15) is 37.8 Å². The van der Waals surface area contributed by atoms with Gasteiger partial charge in [0.05, 0.1) is 6.04 Å². The number of aliphatic imine (C=N–C) groups is 1. The standard InChI is InChI=1S/C20H23N7/c1-12(14-4-5-16-15(10-14)6-8-21-16)23-20-22-9-7-18(25-20)24-19-11-17(26-27-19)13-2-3-13/h4-10,12-13,17,21,26H,2-3,11H2,1H3,(H2,22,23,24,25,27). The molecule has 4 N–H and O–H groups in total. The van der Waals surface area contributed by atoms with Gasteiger partial charge < -0.3 is 15.7 Å². The number of benzene rings is 1. The van der Waals surface area contributed by atoms with E-state index in [4.69, 9.17) is 0 Å². The largest absolute Gasteiger partial charge is 0.361 e. The van der Waals surface area contributed by atoms with Gasteiger partial charge >= 0.3 is 0 Å². The van der Waals surface area contributed by atoms with Crippen LogP contribution in [0.5, 0.6) is 0 Å². The predicted molar refractivity (Wildman–Crippen MR) is 107 cm³/mol. The SMILES string of the molecule is CC(Nc1nccc(N=C2CC(C3CC3)NN2)n1)c1ccc2[nH]ccc2c1. The van der Waals surface area contributed by atoms with E-state index in [2.05, 4.69) is 67.3 Å². The maximum absolute atomic E-state index is 4.64. The minimum absolute atomic E-state index is 0.0951. The normalized spacial score (nSPS) is 22.1. The third kappa shape index (κ3) is 3.50. The van der Waals surface area contributed by atoms with Crippen molar-refractivity contribution in [3.05, 3.63) is 48.3 Å². The maximum Gasteiger partial charge on any atom is 0.225 e. The monoisotopic (exact) mass is 361 g/mol. The molecule has 7 nitrogen and oxygen atoms in total. The molecule has 138 valence electrons. The van der Waals surface area contributed by atoms with Gasteiger partial charge in [-0.25, -0.2) is 15.4 Å². The lowest BCUT2D eigenvalue weighted by Gasteiger charge is -2.14. The summed E-state index contributed by atoms with van der Waals surface area (Å²) in [5.74, 6) is 3.00. The number of nitrogens with one attached hydrogen (secondary N) is 4. The number of aromatic amines is 1. The van der Waals surface area contributed by atoms with Crippen LogP contribution in [0, 0.1) is 5.92 Å². The number of H-pyrrole nitrogens is 1. The van der Waals surface area contributed by atoms with Crippen molar-refractivity contribution >= 4 is 28.5 Å². The number of aromatic nitrogens is 3. The van der Waals surface area contributed by atoms with Crippen LogP contribution in [0.4, 0.5) is 11.8 Å². The second kappa shape index (κ2) is 6.66. The highest BCUT2D eigenvalue weighted by atomic mass is 15.4. The van der Waals surface area contributed by atoms with Crippen molar-refractivity contribution in [3.63, 3.8) is 0 Å². The Bertz CT molecular complexity index is 989. The van der Waals surface area contributed by atoms with E-state index >= 15 is 0 Å². The molecule has 2 atom stereocenters. The zero-order valence-electron chi connectivity index (χ0n) is 15.2. The minimum atomic E-state index is 0.0951. The van der Waals surface area contributed by atoms with E-state index in [1.54, 1.807) is 6.20 Å². The molecule has 5 rings (SSSR count). The quantitative estimate of drug-likeness (QED) is 0.559. The molecule has 2 unspecified atom stereocenters. The van der Waals surface area contributed by atoms with Gasteiger partial charge in [0, 0.05) is 36.4 Å². The molecular formula is C20H23N7. The van der Waals surface area contributed by atoms with E-state index in [-0.39, 0.29) is 6.04 Å². The Morgan fingerprint density at radius 3 is 3.04 bits per heavy atom. The Labute approximate surface area is 157 Å². The lowest BCUT2D eigenvalue weighted by atomic mass is 10.1. The molecule has 1 aliphatic heterocycles. The van der Waals surface area contributed by atoms with Crippen LogP contribution in [-0.2, 0) is 0 Å². The summed E-state index contributed by atoms with van der Waals surface area (Å²) in [6.07, 6.45) is 7.28. The number of hydrazine groups is 1. The Hall–Kier alpha value is -2.93. The van der Waals surface area contributed by atoms with Crippen LogP contribution in [0.2, 0.25) is 0 Å². The van der Waals surface area contributed by atoms with E-state index in [1.807, 2.05) is 12.3 Å². The van der Waals surface area contributed by atoms with Gasteiger partial charge in [0.2, 0.25) is 5.95 Å². The van der Waals surface area contributed by atoms with E-state index < -0.39 is 0 Å². The van der Waals surface area contributed by atoms with Gasteiger partial charge in [-0.3, -0.25) is 0 Å². The van der Waals surface area contributed by atoms with Gasteiger partial charge in [-0.05, 0) is 54.8 Å². The van der Waals surface area contributed by atoms with Crippen LogP contribution < -0.4 is 16.2 Å². The summed E-state index contributed by atoms with van der Waals surface area (Å²) in [4.78, 5) is 16.8. The molecule has 2 aliphatic rings. The van der Waals surface area contributed by atoms with Gasteiger partial charge in [0.25, 0.3) is 0 Å². The topological polar surface area (TPSA) is 90.0 Å². The first-order chi connectivity index (χ1) is 13.2. The van der Waals surface area contributed by atoms with Crippen LogP contribution in [0.15, 0.2) is 47.7 Å². The van der Waals surface area contributed by atoms with Gasteiger partial charge in [-0.1, -0.05) is 6.07 Å². The van der Waals surface area contributed by atoms with E-state index in [0.717, 1.165) is 23.7 Å². The Morgan fingerprint density at radius 1 is 1.22 bits per heavy atom. The maximum atomic E-state index is 4.64. The first-order valence-corrected chi connectivity index (χ1v) is 9.50. The van der Waals surface area contributed by atoms with Gasteiger partial charge in [0.15, 0.2) is 5.82 Å². The first-order valence-electron chi connectivity index (χ1n) is 9.50. The van der Waals surface area contributed by atoms with Gasteiger partial charge in [-0.15, -0.1) is 0 Å². The molecule has 1 aromatic carbocycles. The molecule has 3 heterocycles. The summed E-state index contributed by atoms with van der Waals surface area (Å²) in [5.41, 5.74) is 8.85. The summed E-state index contributed by atoms with van der Waals surface area (Å²) in [6.45, 7) is 2.11. The van der Waals surface area contributed by atoms with Crippen molar-refractivity contribution < 1.29 is 0 Å². The van der Waals surface area contributed by atoms with E-state index in [1.165, 1.54) is 23.8 Å². The number of amidine groups is 1. The summed E-state index contributed by atoms with van der Waals surface area (Å²) >= 11 is 0. The highest BCUT2D eigenvalue weighted by Gasteiger charge is 2.35. The third-order valence-corrected chi connectivity index (χ3v) is 5.32. The van der Waals surface area contributed by atoms with Crippen molar-refractivity contribution in [3.8, 4) is 0 Å². The number of hydrogen-bond acceptors (Lipinski definition) is 5. The second-order valence-corrected chi connectivity index (χ2v) is 7.40.